The first-order valence-corrected chi connectivity index (χ1v) is 6.24. The van der Waals surface area contributed by atoms with Crippen LogP contribution >= 0.6 is 11.6 Å². The van der Waals surface area contributed by atoms with Crippen molar-refractivity contribution in [2.24, 2.45) is 0 Å². The number of aromatic carboxylic acids is 1. The molecule has 1 unspecified atom stereocenters. The highest BCUT2D eigenvalue weighted by Gasteiger charge is 2.14. The molecule has 0 saturated carbocycles. The first-order chi connectivity index (χ1) is 9.08. The summed E-state index contributed by atoms with van der Waals surface area (Å²) in [5.41, 5.74) is 1.22. The van der Waals surface area contributed by atoms with Crippen LogP contribution in [0.4, 0.5) is 0 Å². The zero-order chi connectivity index (χ0) is 13.8. The molecular formula is C14H14ClNO3. The molecule has 0 radical (unpaired) electrons. The summed E-state index contributed by atoms with van der Waals surface area (Å²) < 4.78 is 5.17. The van der Waals surface area contributed by atoms with Crippen molar-refractivity contribution >= 4 is 17.6 Å². The maximum Gasteiger partial charge on any atom is 0.339 e. The topological polar surface area (TPSA) is 62.5 Å². The zero-order valence-corrected chi connectivity index (χ0v) is 11.1. The summed E-state index contributed by atoms with van der Waals surface area (Å²) in [7, 11) is 0. The van der Waals surface area contributed by atoms with Gasteiger partial charge in [-0.15, -0.1) is 0 Å². The molecule has 0 aliphatic carbocycles. The summed E-state index contributed by atoms with van der Waals surface area (Å²) in [6.45, 7) is 2.33. The van der Waals surface area contributed by atoms with Gasteiger partial charge in [0.15, 0.2) is 0 Å². The van der Waals surface area contributed by atoms with Crippen LogP contribution in [0.15, 0.2) is 41.0 Å². The van der Waals surface area contributed by atoms with Crippen LogP contribution in [-0.2, 0) is 6.54 Å². The lowest BCUT2D eigenvalue weighted by Gasteiger charge is -2.13. The smallest absolute Gasteiger partial charge is 0.339 e. The van der Waals surface area contributed by atoms with E-state index in [-0.39, 0.29) is 11.6 Å². The van der Waals surface area contributed by atoms with E-state index in [0.717, 1.165) is 5.56 Å². The summed E-state index contributed by atoms with van der Waals surface area (Å²) >= 11 is 5.93. The second-order valence-corrected chi connectivity index (χ2v) is 4.66. The number of carboxylic acids is 1. The van der Waals surface area contributed by atoms with Crippen LogP contribution in [0.1, 0.15) is 34.6 Å². The fraction of sp³-hybridized carbons (Fsp3) is 0.214. The van der Waals surface area contributed by atoms with E-state index in [2.05, 4.69) is 5.32 Å². The lowest BCUT2D eigenvalue weighted by molar-refractivity contribution is 0.0694. The van der Waals surface area contributed by atoms with E-state index < -0.39 is 5.97 Å². The lowest BCUT2D eigenvalue weighted by atomic mass is 10.1. The third-order valence-electron chi connectivity index (χ3n) is 2.89. The van der Waals surface area contributed by atoms with Crippen LogP contribution < -0.4 is 5.32 Å². The van der Waals surface area contributed by atoms with Crippen molar-refractivity contribution in [2.45, 2.75) is 19.5 Å². The highest BCUT2D eigenvalue weighted by Crippen LogP contribution is 2.18. The number of carboxylic acid groups (broad SMARTS) is 1. The Morgan fingerprint density at radius 1 is 1.47 bits per heavy atom. The van der Waals surface area contributed by atoms with E-state index in [1.54, 1.807) is 0 Å². The summed E-state index contributed by atoms with van der Waals surface area (Å²) in [6, 6.07) is 9.02. The SMILES string of the molecule is CC(NCc1occc1C(=O)O)c1cccc(Cl)c1. The first kappa shape index (κ1) is 13.6. The molecule has 0 amide bonds. The Bertz CT molecular complexity index is 580. The van der Waals surface area contributed by atoms with Crippen molar-refractivity contribution in [2.75, 3.05) is 0 Å². The monoisotopic (exact) mass is 279 g/mol. The quantitative estimate of drug-likeness (QED) is 0.879. The van der Waals surface area contributed by atoms with E-state index in [1.165, 1.54) is 12.3 Å². The van der Waals surface area contributed by atoms with Crippen LogP contribution in [0.3, 0.4) is 0 Å². The molecule has 100 valence electrons. The fourth-order valence-electron chi connectivity index (χ4n) is 1.81. The molecule has 0 aliphatic rings. The standard InChI is InChI=1S/C14H14ClNO3/c1-9(10-3-2-4-11(15)7-10)16-8-13-12(14(17)18)5-6-19-13/h2-7,9,16H,8H2,1H3,(H,17,18). The van der Waals surface area contributed by atoms with Gasteiger partial charge < -0.3 is 14.8 Å². The minimum atomic E-state index is -0.985. The molecule has 2 aromatic rings. The Kier molecular flexibility index (Phi) is 4.24. The van der Waals surface area contributed by atoms with Crippen molar-refractivity contribution in [1.82, 2.24) is 5.32 Å². The molecule has 0 spiro atoms. The number of rotatable bonds is 5. The lowest BCUT2D eigenvalue weighted by Crippen LogP contribution is -2.19. The third-order valence-corrected chi connectivity index (χ3v) is 3.13. The van der Waals surface area contributed by atoms with Gasteiger partial charge in [-0.3, -0.25) is 0 Å². The Balaban J connectivity index is 2.02. The highest BCUT2D eigenvalue weighted by molar-refractivity contribution is 6.30. The fourth-order valence-corrected chi connectivity index (χ4v) is 2.01. The van der Waals surface area contributed by atoms with Crippen LogP contribution in [0.2, 0.25) is 5.02 Å². The molecule has 1 aromatic carbocycles. The largest absolute Gasteiger partial charge is 0.478 e. The van der Waals surface area contributed by atoms with Gasteiger partial charge in [0, 0.05) is 11.1 Å². The van der Waals surface area contributed by atoms with Gasteiger partial charge in [-0.25, -0.2) is 4.79 Å². The maximum atomic E-state index is 10.9. The summed E-state index contributed by atoms with van der Waals surface area (Å²) in [5.74, 6) is -0.567. The highest BCUT2D eigenvalue weighted by atomic mass is 35.5. The molecule has 0 saturated heterocycles. The molecule has 0 bridgehead atoms. The minimum absolute atomic E-state index is 0.0467. The van der Waals surface area contributed by atoms with E-state index >= 15 is 0 Å². The predicted octanol–water partition coefficient (Wildman–Crippen LogP) is 3.48. The summed E-state index contributed by atoms with van der Waals surface area (Å²) in [4.78, 5) is 10.9. The number of furan rings is 1. The van der Waals surface area contributed by atoms with Gasteiger partial charge in [0.25, 0.3) is 0 Å². The van der Waals surface area contributed by atoms with Gasteiger partial charge >= 0.3 is 5.97 Å². The Morgan fingerprint density at radius 2 is 2.26 bits per heavy atom. The molecule has 5 heteroatoms. The zero-order valence-electron chi connectivity index (χ0n) is 10.4. The van der Waals surface area contributed by atoms with Crippen molar-refractivity contribution in [3.63, 3.8) is 0 Å². The Hall–Kier alpha value is -1.78. The van der Waals surface area contributed by atoms with Crippen molar-refractivity contribution in [3.8, 4) is 0 Å². The van der Waals surface area contributed by atoms with E-state index in [0.29, 0.717) is 17.3 Å². The molecule has 0 aliphatic heterocycles. The molecule has 19 heavy (non-hydrogen) atoms. The molecule has 2 rings (SSSR count). The molecule has 1 aromatic heterocycles. The predicted molar refractivity (Wildman–Crippen MR) is 72.4 cm³/mol. The number of halogens is 1. The summed E-state index contributed by atoms with van der Waals surface area (Å²) in [5, 5.41) is 12.9. The maximum absolute atomic E-state index is 10.9. The van der Waals surface area contributed by atoms with Crippen LogP contribution in [0, 0.1) is 0 Å². The average molecular weight is 280 g/mol. The summed E-state index contributed by atoms with van der Waals surface area (Å²) in [6.07, 6.45) is 1.38. The number of nitrogens with one attached hydrogen (secondary N) is 1. The number of hydrogen-bond donors (Lipinski definition) is 2. The van der Waals surface area contributed by atoms with Gasteiger partial charge in [0.05, 0.1) is 12.8 Å². The molecule has 4 nitrogen and oxygen atoms in total. The van der Waals surface area contributed by atoms with Gasteiger partial charge in [0.2, 0.25) is 0 Å². The number of carbonyl (C=O) groups is 1. The second-order valence-electron chi connectivity index (χ2n) is 4.22. The Labute approximate surface area is 116 Å². The average Bonchev–Trinajstić information content (AvgIpc) is 2.84. The van der Waals surface area contributed by atoms with Gasteiger partial charge in [-0.1, -0.05) is 23.7 Å². The van der Waals surface area contributed by atoms with E-state index in [9.17, 15) is 4.79 Å². The van der Waals surface area contributed by atoms with Crippen LogP contribution in [-0.4, -0.2) is 11.1 Å². The molecule has 1 heterocycles. The van der Waals surface area contributed by atoms with Gasteiger partial charge in [-0.05, 0) is 30.7 Å². The van der Waals surface area contributed by atoms with E-state index in [4.69, 9.17) is 21.1 Å². The normalized spacial score (nSPS) is 12.3. The third kappa shape index (κ3) is 3.36. The van der Waals surface area contributed by atoms with Crippen LogP contribution in [0.25, 0.3) is 0 Å². The van der Waals surface area contributed by atoms with Gasteiger partial charge in [-0.2, -0.15) is 0 Å². The van der Waals surface area contributed by atoms with Gasteiger partial charge in [0.1, 0.15) is 11.3 Å². The molecule has 1 atom stereocenters. The second kappa shape index (κ2) is 5.91. The van der Waals surface area contributed by atoms with Crippen molar-refractivity contribution in [1.29, 1.82) is 0 Å². The number of hydrogen-bond acceptors (Lipinski definition) is 3. The van der Waals surface area contributed by atoms with Crippen LogP contribution in [0.5, 0.6) is 0 Å². The molecular weight excluding hydrogens is 266 g/mol. The Morgan fingerprint density at radius 3 is 2.95 bits per heavy atom. The molecule has 0 fully saturated rings. The number of benzene rings is 1. The van der Waals surface area contributed by atoms with E-state index in [1.807, 2.05) is 31.2 Å². The van der Waals surface area contributed by atoms with Crippen molar-refractivity contribution in [3.05, 3.63) is 58.5 Å². The first-order valence-electron chi connectivity index (χ1n) is 5.86. The molecule has 2 N–H and O–H groups in total. The van der Waals surface area contributed by atoms with Crippen molar-refractivity contribution < 1.29 is 14.3 Å². The minimum Gasteiger partial charge on any atom is -0.478 e.